The lowest BCUT2D eigenvalue weighted by Gasteiger charge is -2.32. The van der Waals surface area contributed by atoms with Crippen molar-refractivity contribution >= 4 is 12.2 Å². The van der Waals surface area contributed by atoms with Gasteiger partial charge in [0.1, 0.15) is 6.29 Å². The van der Waals surface area contributed by atoms with Gasteiger partial charge in [0.15, 0.2) is 0 Å². The summed E-state index contributed by atoms with van der Waals surface area (Å²) in [6.07, 6.45) is 5.68. The van der Waals surface area contributed by atoms with Crippen LogP contribution in [0.15, 0.2) is 12.2 Å². The molecule has 5 nitrogen and oxygen atoms in total. The third kappa shape index (κ3) is 4.98. The van der Waals surface area contributed by atoms with Gasteiger partial charge in [-0.05, 0) is 31.9 Å². The highest BCUT2D eigenvalue weighted by Gasteiger charge is 2.22. The molecule has 0 bridgehead atoms. The second-order valence-corrected chi connectivity index (χ2v) is 4.77. The molecule has 1 saturated heterocycles. The maximum atomic E-state index is 12.0. The summed E-state index contributed by atoms with van der Waals surface area (Å²) in [5.41, 5.74) is 0. The SMILES string of the molecule is CN(C/C=C/C=O)CC(=O)N1CCC(CO)CC1. The molecule has 0 aromatic heterocycles. The first-order valence-electron chi connectivity index (χ1n) is 6.34. The number of aldehydes is 1. The molecule has 18 heavy (non-hydrogen) atoms. The first kappa shape index (κ1) is 14.9. The number of hydrogen-bond donors (Lipinski definition) is 1. The van der Waals surface area contributed by atoms with Gasteiger partial charge in [0.25, 0.3) is 0 Å². The van der Waals surface area contributed by atoms with Gasteiger partial charge in [0, 0.05) is 26.2 Å². The fourth-order valence-electron chi connectivity index (χ4n) is 2.06. The van der Waals surface area contributed by atoms with Crippen LogP contribution in [0.1, 0.15) is 12.8 Å². The highest BCUT2D eigenvalue weighted by molar-refractivity contribution is 5.78. The zero-order valence-electron chi connectivity index (χ0n) is 10.9. The second kappa shape index (κ2) is 8.00. The van der Waals surface area contributed by atoms with E-state index in [-0.39, 0.29) is 12.5 Å². The highest BCUT2D eigenvalue weighted by Crippen LogP contribution is 2.16. The number of rotatable bonds is 6. The number of hydrogen-bond acceptors (Lipinski definition) is 4. The first-order chi connectivity index (χ1) is 8.67. The molecule has 5 heteroatoms. The van der Waals surface area contributed by atoms with E-state index in [1.807, 2.05) is 16.8 Å². The second-order valence-electron chi connectivity index (χ2n) is 4.77. The van der Waals surface area contributed by atoms with Crippen molar-refractivity contribution in [1.82, 2.24) is 9.80 Å². The van der Waals surface area contributed by atoms with E-state index in [1.165, 1.54) is 6.08 Å². The molecule has 102 valence electrons. The van der Waals surface area contributed by atoms with Gasteiger partial charge in [-0.1, -0.05) is 6.08 Å². The Balaban J connectivity index is 2.28. The van der Waals surface area contributed by atoms with Gasteiger partial charge in [0.2, 0.25) is 5.91 Å². The average Bonchev–Trinajstić information content (AvgIpc) is 2.39. The lowest BCUT2D eigenvalue weighted by molar-refractivity contribution is -0.133. The van der Waals surface area contributed by atoms with Crippen LogP contribution in [0.3, 0.4) is 0 Å². The number of allylic oxidation sites excluding steroid dienone is 1. The Bertz CT molecular complexity index is 297. The molecule has 1 fully saturated rings. The number of piperidine rings is 1. The monoisotopic (exact) mass is 254 g/mol. The summed E-state index contributed by atoms with van der Waals surface area (Å²) in [6, 6.07) is 0. The number of aliphatic hydroxyl groups is 1. The maximum Gasteiger partial charge on any atom is 0.236 e. The lowest BCUT2D eigenvalue weighted by atomic mass is 9.98. The fraction of sp³-hybridized carbons (Fsp3) is 0.692. The fourth-order valence-corrected chi connectivity index (χ4v) is 2.06. The van der Waals surface area contributed by atoms with Crippen molar-refractivity contribution in [2.75, 3.05) is 39.8 Å². The summed E-state index contributed by atoms with van der Waals surface area (Å²) >= 11 is 0. The molecule has 0 aromatic carbocycles. The number of carbonyl (C=O) groups is 2. The molecule has 1 amide bonds. The van der Waals surface area contributed by atoms with Gasteiger partial charge in [-0.25, -0.2) is 0 Å². The molecule has 1 aliphatic rings. The highest BCUT2D eigenvalue weighted by atomic mass is 16.3. The molecule has 0 aromatic rings. The van der Waals surface area contributed by atoms with Crippen LogP contribution >= 0.6 is 0 Å². The predicted octanol–water partition coefficient (Wildman–Crippen LogP) is -0.0958. The average molecular weight is 254 g/mol. The Labute approximate surface area is 108 Å². The number of carbonyl (C=O) groups excluding carboxylic acids is 2. The largest absolute Gasteiger partial charge is 0.396 e. The van der Waals surface area contributed by atoms with E-state index >= 15 is 0 Å². The van der Waals surface area contributed by atoms with Crippen molar-refractivity contribution in [3.63, 3.8) is 0 Å². The minimum absolute atomic E-state index is 0.119. The Hall–Kier alpha value is -1.20. The van der Waals surface area contributed by atoms with Gasteiger partial charge in [-0.3, -0.25) is 14.5 Å². The normalized spacial score (nSPS) is 17.6. The van der Waals surface area contributed by atoms with Gasteiger partial charge >= 0.3 is 0 Å². The third-order valence-corrected chi connectivity index (χ3v) is 3.26. The molecule has 0 aliphatic carbocycles. The molecule has 1 rings (SSSR count). The molecule has 0 spiro atoms. The van der Waals surface area contributed by atoms with E-state index in [9.17, 15) is 9.59 Å². The van der Waals surface area contributed by atoms with Crippen LogP contribution in [0.4, 0.5) is 0 Å². The topological polar surface area (TPSA) is 60.9 Å². The van der Waals surface area contributed by atoms with Crippen molar-refractivity contribution < 1.29 is 14.7 Å². The number of likely N-dealkylation sites (tertiary alicyclic amines) is 1. The number of aliphatic hydroxyl groups excluding tert-OH is 1. The van der Waals surface area contributed by atoms with Crippen LogP contribution < -0.4 is 0 Å². The Morgan fingerprint density at radius 3 is 2.67 bits per heavy atom. The number of amides is 1. The Morgan fingerprint density at radius 1 is 1.44 bits per heavy atom. The molecule has 1 aliphatic heterocycles. The van der Waals surface area contributed by atoms with E-state index < -0.39 is 0 Å². The molecule has 0 saturated carbocycles. The van der Waals surface area contributed by atoms with Crippen LogP contribution in [0.2, 0.25) is 0 Å². The van der Waals surface area contributed by atoms with Crippen molar-refractivity contribution in [2.45, 2.75) is 12.8 Å². The molecule has 0 atom stereocenters. The molecular weight excluding hydrogens is 232 g/mol. The van der Waals surface area contributed by atoms with Crippen molar-refractivity contribution in [2.24, 2.45) is 5.92 Å². The van der Waals surface area contributed by atoms with E-state index in [2.05, 4.69) is 0 Å². The van der Waals surface area contributed by atoms with Crippen LogP contribution in [-0.2, 0) is 9.59 Å². The van der Waals surface area contributed by atoms with Crippen LogP contribution in [0.25, 0.3) is 0 Å². The summed E-state index contributed by atoms with van der Waals surface area (Å²) in [5.74, 6) is 0.468. The van der Waals surface area contributed by atoms with Crippen molar-refractivity contribution in [1.29, 1.82) is 0 Å². The van der Waals surface area contributed by atoms with E-state index in [1.54, 1.807) is 6.08 Å². The van der Waals surface area contributed by atoms with Gasteiger partial charge in [-0.2, -0.15) is 0 Å². The Kier molecular flexibility index (Phi) is 6.60. The molecular formula is C13H22N2O3. The zero-order chi connectivity index (χ0) is 13.4. The van der Waals surface area contributed by atoms with Crippen LogP contribution in [0, 0.1) is 5.92 Å². The van der Waals surface area contributed by atoms with Crippen molar-refractivity contribution in [3.8, 4) is 0 Å². The van der Waals surface area contributed by atoms with Crippen LogP contribution in [-0.4, -0.2) is 66.9 Å². The van der Waals surface area contributed by atoms with Crippen molar-refractivity contribution in [3.05, 3.63) is 12.2 Å². The lowest BCUT2D eigenvalue weighted by Crippen LogP contribution is -2.43. The summed E-state index contributed by atoms with van der Waals surface area (Å²) in [4.78, 5) is 25.8. The molecule has 0 unspecified atom stereocenters. The molecule has 0 radical (unpaired) electrons. The van der Waals surface area contributed by atoms with E-state index in [0.717, 1.165) is 32.2 Å². The predicted molar refractivity (Wildman–Crippen MR) is 69.1 cm³/mol. The standard InChI is InChI=1S/C13H22N2O3/c1-14(6-2-3-9-16)10-13(18)15-7-4-12(11-17)5-8-15/h2-3,9,12,17H,4-8,10-11H2,1H3/b3-2+. The van der Waals surface area contributed by atoms with Gasteiger partial charge in [-0.15, -0.1) is 0 Å². The number of nitrogens with zero attached hydrogens (tertiary/aromatic N) is 2. The molecule has 1 N–H and O–H groups in total. The van der Waals surface area contributed by atoms with E-state index in [4.69, 9.17) is 5.11 Å². The summed E-state index contributed by atoms with van der Waals surface area (Å²) < 4.78 is 0. The summed E-state index contributed by atoms with van der Waals surface area (Å²) in [7, 11) is 1.85. The van der Waals surface area contributed by atoms with E-state index in [0.29, 0.717) is 19.0 Å². The summed E-state index contributed by atoms with van der Waals surface area (Å²) in [5, 5.41) is 9.03. The minimum atomic E-state index is 0.119. The Morgan fingerprint density at radius 2 is 2.11 bits per heavy atom. The molecule has 1 heterocycles. The quantitative estimate of drug-likeness (QED) is 0.531. The maximum absolute atomic E-state index is 12.0. The third-order valence-electron chi connectivity index (χ3n) is 3.26. The smallest absolute Gasteiger partial charge is 0.236 e. The first-order valence-corrected chi connectivity index (χ1v) is 6.34. The summed E-state index contributed by atoms with van der Waals surface area (Å²) in [6.45, 7) is 2.66. The van der Waals surface area contributed by atoms with Crippen LogP contribution in [0.5, 0.6) is 0 Å². The van der Waals surface area contributed by atoms with Gasteiger partial charge < -0.3 is 10.0 Å². The minimum Gasteiger partial charge on any atom is -0.396 e. The zero-order valence-corrected chi connectivity index (χ0v) is 10.9. The van der Waals surface area contributed by atoms with Gasteiger partial charge in [0.05, 0.1) is 6.54 Å². The number of likely N-dealkylation sites (N-methyl/N-ethyl adjacent to an activating group) is 1.